The molecule has 1 fully saturated rings. The molecular weight excluding hydrogens is 138 g/mol. The van der Waals surface area contributed by atoms with Crippen LogP contribution in [0.3, 0.4) is 0 Å². The van der Waals surface area contributed by atoms with Crippen molar-refractivity contribution in [3.05, 3.63) is 6.42 Å². The maximum absolute atomic E-state index is 11.4. The van der Waals surface area contributed by atoms with E-state index in [1.807, 2.05) is 14.1 Å². The van der Waals surface area contributed by atoms with Crippen LogP contribution in [0, 0.1) is 12.3 Å². The second-order valence-corrected chi connectivity index (χ2v) is 3.38. The molecule has 1 unspecified atom stereocenters. The smallest absolute Gasteiger partial charge is 0.225 e. The second-order valence-electron chi connectivity index (χ2n) is 3.38. The number of nitrogens with zero attached hydrogens (tertiary/aromatic N) is 1. The summed E-state index contributed by atoms with van der Waals surface area (Å²) in [5.74, 6) is 0.569. The molecule has 2 heteroatoms. The predicted octanol–water partition coefficient (Wildman–Crippen LogP) is 1.47. The van der Waals surface area contributed by atoms with Crippen molar-refractivity contribution in [3.8, 4) is 0 Å². The van der Waals surface area contributed by atoms with E-state index in [4.69, 9.17) is 0 Å². The lowest BCUT2D eigenvalue weighted by Crippen LogP contribution is -2.30. The normalized spacial score (nSPS) is 19.8. The average Bonchev–Trinajstić information content (AvgIpc) is 2.05. The Labute approximate surface area is 68.6 Å². The molecule has 0 saturated heterocycles. The highest BCUT2D eigenvalue weighted by Gasteiger charge is 2.21. The third kappa shape index (κ3) is 2.21. The quantitative estimate of drug-likeness (QED) is 0.560. The fourth-order valence-corrected chi connectivity index (χ4v) is 1.53. The van der Waals surface area contributed by atoms with Gasteiger partial charge in [0.25, 0.3) is 0 Å². The van der Waals surface area contributed by atoms with E-state index in [2.05, 4.69) is 6.42 Å². The molecule has 0 spiro atoms. The SMILES string of the molecule is CN(C)C(=O)C1C[CH]CCC1. The molecule has 1 saturated carbocycles. The summed E-state index contributed by atoms with van der Waals surface area (Å²) in [4.78, 5) is 13.1. The van der Waals surface area contributed by atoms with Gasteiger partial charge in [0.2, 0.25) is 5.91 Å². The van der Waals surface area contributed by atoms with Crippen molar-refractivity contribution in [2.75, 3.05) is 14.1 Å². The van der Waals surface area contributed by atoms with Gasteiger partial charge >= 0.3 is 0 Å². The van der Waals surface area contributed by atoms with Crippen molar-refractivity contribution in [2.24, 2.45) is 5.92 Å². The number of carbonyl (C=O) groups is 1. The van der Waals surface area contributed by atoms with Gasteiger partial charge in [-0.25, -0.2) is 0 Å². The topological polar surface area (TPSA) is 20.3 Å². The molecule has 1 amide bonds. The molecule has 11 heavy (non-hydrogen) atoms. The van der Waals surface area contributed by atoms with E-state index >= 15 is 0 Å². The third-order valence-corrected chi connectivity index (χ3v) is 2.20. The van der Waals surface area contributed by atoms with Crippen LogP contribution in [-0.2, 0) is 4.79 Å². The minimum atomic E-state index is 0.277. The molecule has 1 atom stereocenters. The molecule has 0 aromatic rings. The highest BCUT2D eigenvalue weighted by molar-refractivity contribution is 5.78. The van der Waals surface area contributed by atoms with Crippen LogP contribution in [0.1, 0.15) is 25.7 Å². The monoisotopic (exact) mass is 154 g/mol. The molecule has 1 aliphatic rings. The van der Waals surface area contributed by atoms with Crippen molar-refractivity contribution in [3.63, 3.8) is 0 Å². The summed E-state index contributed by atoms with van der Waals surface area (Å²) in [6.45, 7) is 0. The molecule has 0 aromatic carbocycles. The fourth-order valence-electron chi connectivity index (χ4n) is 1.53. The van der Waals surface area contributed by atoms with Gasteiger partial charge in [-0.05, 0) is 19.3 Å². The summed E-state index contributed by atoms with van der Waals surface area (Å²) in [6.07, 6.45) is 6.67. The van der Waals surface area contributed by atoms with E-state index in [-0.39, 0.29) is 5.92 Å². The fraction of sp³-hybridized carbons (Fsp3) is 0.778. The molecule has 0 heterocycles. The van der Waals surface area contributed by atoms with Gasteiger partial charge in [-0.3, -0.25) is 4.79 Å². The van der Waals surface area contributed by atoms with Gasteiger partial charge in [0.1, 0.15) is 0 Å². The Balaban J connectivity index is 2.39. The lowest BCUT2D eigenvalue weighted by molar-refractivity contribution is -0.133. The van der Waals surface area contributed by atoms with E-state index in [9.17, 15) is 4.79 Å². The number of hydrogen-bond acceptors (Lipinski definition) is 1. The maximum Gasteiger partial charge on any atom is 0.225 e. The van der Waals surface area contributed by atoms with Crippen LogP contribution < -0.4 is 0 Å². The molecular formula is C9H16NO. The summed E-state index contributed by atoms with van der Waals surface area (Å²) in [5.41, 5.74) is 0. The standard InChI is InChI=1S/C9H16NO/c1-10(2)9(11)8-6-4-3-5-7-8/h4,8H,3,5-7H2,1-2H3. The Morgan fingerprint density at radius 2 is 2.27 bits per heavy atom. The molecule has 0 bridgehead atoms. The number of amides is 1. The molecule has 1 radical (unpaired) electrons. The van der Waals surface area contributed by atoms with Crippen molar-refractivity contribution >= 4 is 5.91 Å². The van der Waals surface area contributed by atoms with Crippen LogP contribution >= 0.6 is 0 Å². The van der Waals surface area contributed by atoms with Gasteiger partial charge in [0.15, 0.2) is 0 Å². The molecule has 0 aromatic heterocycles. The van der Waals surface area contributed by atoms with Crippen LogP contribution in [0.25, 0.3) is 0 Å². The third-order valence-electron chi connectivity index (χ3n) is 2.20. The number of carbonyl (C=O) groups excluding carboxylic acids is 1. The van der Waals surface area contributed by atoms with Crippen molar-refractivity contribution in [1.29, 1.82) is 0 Å². The summed E-state index contributed by atoms with van der Waals surface area (Å²) >= 11 is 0. The first-order valence-corrected chi connectivity index (χ1v) is 4.24. The lowest BCUT2D eigenvalue weighted by Gasteiger charge is -2.23. The van der Waals surface area contributed by atoms with Gasteiger partial charge in [0, 0.05) is 20.0 Å². The Hall–Kier alpha value is -0.530. The maximum atomic E-state index is 11.4. The highest BCUT2D eigenvalue weighted by atomic mass is 16.2. The van der Waals surface area contributed by atoms with E-state index in [0.29, 0.717) is 5.91 Å². The highest BCUT2D eigenvalue weighted by Crippen LogP contribution is 2.23. The zero-order chi connectivity index (χ0) is 8.27. The molecule has 0 N–H and O–H groups in total. The minimum absolute atomic E-state index is 0.277. The zero-order valence-corrected chi connectivity index (χ0v) is 7.34. The molecule has 63 valence electrons. The van der Waals surface area contributed by atoms with Crippen LogP contribution in [0.4, 0.5) is 0 Å². The molecule has 1 aliphatic carbocycles. The van der Waals surface area contributed by atoms with E-state index < -0.39 is 0 Å². The van der Waals surface area contributed by atoms with Gasteiger partial charge in [-0.1, -0.05) is 12.8 Å². The van der Waals surface area contributed by atoms with Crippen LogP contribution in [0.2, 0.25) is 0 Å². The van der Waals surface area contributed by atoms with Crippen molar-refractivity contribution < 1.29 is 4.79 Å². The van der Waals surface area contributed by atoms with Crippen LogP contribution in [-0.4, -0.2) is 24.9 Å². The number of hydrogen-bond donors (Lipinski definition) is 0. The molecule has 1 rings (SSSR count). The Morgan fingerprint density at radius 1 is 1.55 bits per heavy atom. The summed E-state index contributed by atoms with van der Waals surface area (Å²) < 4.78 is 0. The van der Waals surface area contributed by atoms with Gasteiger partial charge in [0.05, 0.1) is 0 Å². The van der Waals surface area contributed by atoms with Gasteiger partial charge < -0.3 is 4.90 Å². The summed E-state index contributed by atoms with van der Waals surface area (Å²) in [6, 6.07) is 0. The van der Waals surface area contributed by atoms with Gasteiger partial charge in [-0.15, -0.1) is 0 Å². The lowest BCUT2D eigenvalue weighted by atomic mass is 9.88. The Bertz CT molecular complexity index is 136. The first-order valence-electron chi connectivity index (χ1n) is 4.24. The van der Waals surface area contributed by atoms with Crippen LogP contribution in [0.5, 0.6) is 0 Å². The predicted molar refractivity (Wildman–Crippen MR) is 45.0 cm³/mol. The van der Waals surface area contributed by atoms with E-state index in [1.54, 1.807) is 4.90 Å². The zero-order valence-electron chi connectivity index (χ0n) is 7.34. The van der Waals surface area contributed by atoms with Crippen molar-refractivity contribution in [2.45, 2.75) is 25.7 Å². The first kappa shape index (κ1) is 8.57. The average molecular weight is 154 g/mol. The van der Waals surface area contributed by atoms with Crippen molar-refractivity contribution in [1.82, 2.24) is 4.90 Å². The molecule has 0 aliphatic heterocycles. The van der Waals surface area contributed by atoms with E-state index in [1.165, 1.54) is 12.8 Å². The van der Waals surface area contributed by atoms with E-state index in [0.717, 1.165) is 12.8 Å². The summed E-state index contributed by atoms with van der Waals surface area (Å²) in [7, 11) is 3.66. The Morgan fingerprint density at radius 3 is 2.73 bits per heavy atom. The van der Waals surface area contributed by atoms with Crippen LogP contribution in [0.15, 0.2) is 0 Å². The largest absolute Gasteiger partial charge is 0.349 e. The minimum Gasteiger partial charge on any atom is -0.349 e. The molecule has 2 nitrogen and oxygen atoms in total. The summed E-state index contributed by atoms with van der Waals surface area (Å²) in [5, 5.41) is 0. The van der Waals surface area contributed by atoms with Gasteiger partial charge in [-0.2, -0.15) is 0 Å². The first-order chi connectivity index (χ1) is 5.22. The number of rotatable bonds is 1. The second kappa shape index (κ2) is 3.74. The Kier molecular flexibility index (Phi) is 2.92.